The topological polar surface area (TPSA) is 80.0 Å². The Morgan fingerprint density at radius 1 is 0.970 bits per heavy atom. The van der Waals surface area contributed by atoms with Crippen molar-refractivity contribution in [3.05, 3.63) is 89.4 Å². The first-order chi connectivity index (χ1) is 15.8. The van der Waals surface area contributed by atoms with Crippen LogP contribution in [0.1, 0.15) is 56.5 Å². The minimum absolute atomic E-state index is 0.0100. The van der Waals surface area contributed by atoms with Crippen molar-refractivity contribution in [2.45, 2.75) is 45.8 Å². The Labute approximate surface area is 193 Å². The quantitative estimate of drug-likeness (QED) is 0.294. The Hall–Kier alpha value is -3.80. The van der Waals surface area contributed by atoms with Crippen LogP contribution in [0.15, 0.2) is 76.9 Å². The van der Waals surface area contributed by atoms with E-state index in [0.717, 1.165) is 5.56 Å². The lowest BCUT2D eigenvalue weighted by atomic mass is 9.98. The second-order valence-corrected chi connectivity index (χ2v) is 8.62. The Morgan fingerprint density at radius 2 is 1.64 bits per heavy atom. The average molecular weight is 446 g/mol. The molecular weight excluding hydrogens is 418 g/mol. The summed E-state index contributed by atoms with van der Waals surface area (Å²) in [6.45, 7) is 8.02. The molecule has 1 unspecified atom stereocenters. The number of rotatable bonds is 6. The molecular formula is C27H27NO5. The molecule has 2 heterocycles. The molecule has 1 amide bonds. The predicted molar refractivity (Wildman–Crippen MR) is 126 cm³/mol. The monoisotopic (exact) mass is 445 g/mol. The zero-order valence-corrected chi connectivity index (χ0v) is 19.1. The molecule has 1 N–H and O–H groups in total. The molecule has 1 atom stereocenters. The molecule has 1 aliphatic heterocycles. The second kappa shape index (κ2) is 8.98. The molecule has 6 nitrogen and oxygen atoms in total. The van der Waals surface area contributed by atoms with Crippen molar-refractivity contribution in [3.63, 3.8) is 0 Å². The van der Waals surface area contributed by atoms with E-state index in [9.17, 15) is 14.7 Å². The summed E-state index contributed by atoms with van der Waals surface area (Å²) in [7, 11) is 0. The highest BCUT2D eigenvalue weighted by Crippen LogP contribution is 2.42. The van der Waals surface area contributed by atoms with Crippen molar-refractivity contribution in [3.8, 4) is 5.75 Å². The summed E-state index contributed by atoms with van der Waals surface area (Å²) in [6, 6.07) is 16.8. The van der Waals surface area contributed by atoms with Gasteiger partial charge in [0.15, 0.2) is 0 Å². The Morgan fingerprint density at radius 3 is 2.18 bits per heavy atom. The number of ether oxygens (including phenoxy) is 1. The highest BCUT2D eigenvalue weighted by atomic mass is 16.5. The molecule has 2 aromatic carbocycles. The lowest BCUT2D eigenvalue weighted by Crippen LogP contribution is -2.29. The second-order valence-electron chi connectivity index (χ2n) is 8.62. The van der Waals surface area contributed by atoms with Crippen LogP contribution in [0, 0.1) is 0 Å². The number of anilines is 1. The van der Waals surface area contributed by atoms with Gasteiger partial charge in [0.1, 0.15) is 23.3 Å². The van der Waals surface area contributed by atoms with Crippen LogP contribution >= 0.6 is 0 Å². The fraction of sp³-hybridized carbons (Fsp3) is 0.259. The summed E-state index contributed by atoms with van der Waals surface area (Å²) in [4.78, 5) is 27.6. The number of aliphatic hydroxyl groups is 1. The number of carbonyl (C=O) groups excluding carboxylic acids is 2. The molecule has 6 heteroatoms. The van der Waals surface area contributed by atoms with Crippen molar-refractivity contribution in [2.24, 2.45) is 0 Å². The summed E-state index contributed by atoms with van der Waals surface area (Å²) >= 11 is 0. The van der Waals surface area contributed by atoms with Gasteiger partial charge >= 0.3 is 0 Å². The lowest BCUT2D eigenvalue weighted by molar-refractivity contribution is -0.132. The summed E-state index contributed by atoms with van der Waals surface area (Å²) < 4.78 is 11.2. The zero-order chi connectivity index (χ0) is 23.7. The molecule has 33 heavy (non-hydrogen) atoms. The fourth-order valence-electron chi connectivity index (χ4n) is 3.95. The third-order valence-electron chi connectivity index (χ3n) is 5.59. The van der Waals surface area contributed by atoms with Crippen LogP contribution in [0.5, 0.6) is 5.75 Å². The maximum absolute atomic E-state index is 13.1. The SMILES string of the molecule is CC(C)Oc1ccc(/C(O)=C2/C(=O)C(=O)N(c3ccc(C(C)C)cc3)C2c2ccco2)cc1. The molecule has 1 aliphatic rings. The van der Waals surface area contributed by atoms with Gasteiger partial charge in [-0.05, 0) is 73.9 Å². The van der Waals surface area contributed by atoms with Crippen molar-refractivity contribution in [1.82, 2.24) is 0 Å². The van der Waals surface area contributed by atoms with E-state index in [1.807, 2.05) is 38.1 Å². The van der Waals surface area contributed by atoms with Crippen LogP contribution in [0.3, 0.4) is 0 Å². The van der Waals surface area contributed by atoms with E-state index in [4.69, 9.17) is 9.15 Å². The number of hydrogen-bond donors (Lipinski definition) is 1. The van der Waals surface area contributed by atoms with E-state index < -0.39 is 17.7 Å². The van der Waals surface area contributed by atoms with Crippen molar-refractivity contribution < 1.29 is 23.8 Å². The van der Waals surface area contributed by atoms with Gasteiger partial charge in [-0.25, -0.2) is 0 Å². The van der Waals surface area contributed by atoms with Crippen LogP contribution in [0.2, 0.25) is 0 Å². The number of nitrogens with zero attached hydrogens (tertiary/aromatic N) is 1. The van der Waals surface area contributed by atoms with Crippen molar-refractivity contribution >= 4 is 23.1 Å². The number of hydrogen-bond acceptors (Lipinski definition) is 5. The molecule has 1 aromatic heterocycles. The van der Waals surface area contributed by atoms with Crippen LogP contribution < -0.4 is 9.64 Å². The van der Waals surface area contributed by atoms with Gasteiger partial charge in [-0.2, -0.15) is 0 Å². The normalized spacial score (nSPS) is 17.9. The van der Waals surface area contributed by atoms with Gasteiger partial charge in [-0.3, -0.25) is 14.5 Å². The number of ketones is 1. The average Bonchev–Trinajstić information content (AvgIpc) is 3.40. The fourth-order valence-corrected chi connectivity index (χ4v) is 3.95. The molecule has 0 spiro atoms. The lowest BCUT2D eigenvalue weighted by Gasteiger charge is -2.23. The molecule has 0 saturated carbocycles. The number of carbonyl (C=O) groups is 2. The van der Waals surface area contributed by atoms with E-state index in [0.29, 0.717) is 28.7 Å². The summed E-state index contributed by atoms with van der Waals surface area (Å²) in [6.07, 6.45) is 1.49. The predicted octanol–water partition coefficient (Wildman–Crippen LogP) is 5.82. The minimum Gasteiger partial charge on any atom is -0.507 e. The van der Waals surface area contributed by atoms with E-state index in [1.54, 1.807) is 36.4 Å². The highest BCUT2D eigenvalue weighted by Gasteiger charge is 2.48. The smallest absolute Gasteiger partial charge is 0.300 e. The van der Waals surface area contributed by atoms with Gasteiger partial charge in [-0.1, -0.05) is 26.0 Å². The summed E-state index contributed by atoms with van der Waals surface area (Å²) in [5.41, 5.74) is 2.08. The van der Waals surface area contributed by atoms with E-state index >= 15 is 0 Å². The van der Waals surface area contributed by atoms with E-state index in [1.165, 1.54) is 11.2 Å². The maximum Gasteiger partial charge on any atom is 0.300 e. The molecule has 0 bridgehead atoms. The van der Waals surface area contributed by atoms with Gasteiger partial charge in [-0.15, -0.1) is 0 Å². The van der Waals surface area contributed by atoms with Gasteiger partial charge in [0.2, 0.25) is 0 Å². The van der Waals surface area contributed by atoms with E-state index in [-0.39, 0.29) is 17.4 Å². The Balaban J connectivity index is 1.80. The van der Waals surface area contributed by atoms with Crippen LogP contribution in [0.4, 0.5) is 5.69 Å². The summed E-state index contributed by atoms with van der Waals surface area (Å²) in [5.74, 6) is -0.359. The highest BCUT2D eigenvalue weighted by molar-refractivity contribution is 6.51. The first kappa shape index (κ1) is 22.4. The van der Waals surface area contributed by atoms with Gasteiger partial charge in [0, 0.05) is 11.3 Å². The number of benzene rings is 2. The molecule has 4 rings (SSSR count). The van der Waals surface area contributed by atoms with Crippen LogP contribution in [-0.4, -0.2) is 22.9 Å². The Kier molecular flexibility index (Phi) is 6.09. The van der Waals surface area contributed by atoms with Crippen LogP contribution in [-0.2, 0) is 9.59 Å². The third-order valence-corrected chi connectivity index (χ3v) is 5.59. The minimum atomic E-state index is -0.878. The Bertz CT molecular complexity index is 1170. The first-order valence-electron chi connectivity index (χ1n) is 11.0. The molecule has 0 radical (unpaired) electrons. The number of amides is 1. The number of aliphatic hydroxyl groups excluding tert-OH is 1. The maximum atomic E-state index is 13.1. The molecule has 1 fully saturated rings. The zero-order valence-electron chi connectivity index (χ0n) is 19.1. The van der Waals surface area contributed by atoms with Gasteiger partial charge < -0.3 is 14.3 Å². The first-order valence-corrected chi connectivity index (χ1v) is 11.0. The van der Waals surface area contributed by atoms with Crippen LogP contribution in [0.25, 0.3) is 5.76 Å². The molecule has 1 saturated heterocycles. The third kappa shape index (κ3) is 4.29. The number of furan rings is 1. The van der Waals surface area contributed by atoms with Gasteiger partial charge in [0.05, 0.1) is 17.9 Å². The van der Waals surface area contributed by atoms with E-state index in [2.05, 4.69) is 13.8 Å². The number of Topliss-reactive ketones (excluding diaryl/α,β-unsaturated/α-hetero) is 1. The molecule has 170 valence electrons. The molecule has 3 aromatic rings. The standard InChI is InChI=1S/C27H27NO5/c1-16(2)18-7-11-20(12-8-18)28-24(22-6-5-15-32-22)23(26(30)27(28)31)25(29)19-9-13-21(14-10-19)33-17(3)4/h5-17,24,29H,1-4H3/b25-23-. The molecule has 0 aliphatic carbocycles. The van der Waals surface area contributed by atoms with Crippen molar-refractivity contribution in [1.29, 1.82) is 0 Å². The van der Waals surface area contributed by atoms with Gasteiger partial charge in [0.25, 0.3) is 11.7 Å². The van der Waals surface area contributed by atoms with Crippen molar-refractivity contribution in [2.75, 3.05) is 4.90 Å². The largest absolute Gasteiger partial charge is 0.507 e. The summed E-state index contributed by atoms with van der Waals surface area (Å²) in [5, 5.41) is 11.1.